The van der Waals surface area contributed by atoms with Crippen LogP contribution >= 0.6 is 11.9 Å². The van der Waals surface area contributed by atoms with E-state index in [4.69, 9.17) is 5.11 Å². The molecule has 0 fully saturated rings. The quantitative estimate of drug-likeness (QED) is 0.493. The number of hydrogen-bond donors (Lipinski definition) is 1. The Bertz CT molecular complexity index is 78.0. The molecule has 0 aromatic rings. The van der Waals surface area contributed by atoms with E-state index in [-0.39, 0.29) is 5.44 Å². The summed E-state index contributed by atoms with van der Waals surface area (Å²) in [5.74, 6) is 0. The van der Waals surface area contributed by atoms with Crippen LogP contribution in [0.1, 0.15) is 27.2 Å². The molecule has 0 aromatic heterocycles. The van der Waals surface area contributed by atoms with Gasteiger partial charge in [-0.05, 0) is 25.3 Å². The van der Waals surface area contributed by atoms with E-state index < -0.39 is 0 Å². The first-order chi connectivity index (χ1) is 4.70. The average Bonchev–Trinajstić information content (AvgIpc) is 1.86. The van der Waals surface area contributed by atoms with E-state index in [0.717, 1.165) is 19.5 Å². The van der Waals surface area contributed by atoms with Gasteiger partial charge in [0.15, 0.2) is 0 Å². The molecule has 0 aliphatic heterocycles. The first kappa shape index (κ1) is 10.3. The van der Waals surface area contributed by atoms with Crippen molar-refractivity contribution in [3.63, 3.8) is 0 Å². The number of nitrogens with zero attached hydrogens (tertiary/aromatic N) is 1. The minimum atomic E-state index is -0.272. The summed E-state index contributed by atoms with van der Waals surface area (Å²) < 4.78 is 2.17. The highest BCUT2D eigenvalue weighted by Crippen LogP contribution is 2.13. The molecular weight excluding hydrogens is 146 g/mol. The van der Waals surface area contributed by atoms with Crippen LogP contribution in [-0.2, 0) is 0 Å². The average molecular weight is 163 g/mol. The number of hydrogen-bond acceptors (Lipinski definition) is 3. The Morgan fingerprint density at radius 3 is 2.40 bits per heavy atom. The molecule has 0 aromatic carbocycles. The highest BCUT2D eigenvalue weighted by atomic mass is 32.2. The molecule has 1 N–H and O–H groups in total. The summed E-state index contributed by atoms with van der Waals surface area (Å²) in [5.41, 5.74) is -0.272. The highest BCUT2D eigenvalue weighted by Gasteiger charge is 2.04. The van der Waals surface area contributed by atoms with Crippen molar-refractivity contribution in [1.29, 1.82) is 0 Å². The lowest BCUT2D eigenvalue weighted by Gasteiger charge is -2.19. The largest absolute Gasteiger partial charge is 0.381 e. The molecular formula is C7H17NOS. The normalized spacial score (nSPS) is 14.1. The lowest BCUT2D eigenvalue weighted by molar-refractivity contribution is 0.276. The van der Waals surface area contributed by atoms with Crippen molar-refractivity contribution >= 4 is 11.9 Å². The minimum Gasteiger partial charge on any atom is -0.381 e. The number of aliphatic hydroxyl groups is 1. The predicted molar refractivity (Wildman–Crippen MR) is 46.8 cm³/mol. The van der Waals surface area contributed by atoms with E-state index >= 15 is 0 Å². The molecule has 3 heteroatoms. The Morgan fingerprint density at radius 1 is 1.50 bits per heavy atom. The predicted octanol–water partition coefficient (Wildman–Crippen LogP) is 1.70. The monoisotopic (exact) mass is 163 g/mol. The van der Waals surface area contributed by atoms with E-state index in [1.54, 1.807) is 6.92 Å². The van der Waals surface area contributed by atoms with Crippen molar-refractivity contribution in [2.45, 2.75) is 32.6 Å². The molecule has 0 rings (SSSR count). The van der Waals surface area contributed by atoms with Crippen molar-refractivity contribution in [1.82, 2.24) is 4.31 Å². The molecule has 0 radical (unpaired) electrons. The van der Waals surface area contributed by atoms with Gasteiger partial charge in [-0.2, -0.15) is 0 Å². The molecule has 0 saturated carbocycles. The van der Waals surface area contributed by atoms with Crippen LogP contribution in [-0.4, -0.2) is 27.9 Å². The van der Waals surface area contributed by atoms with Gasteiger partial charge in [-0.25, -0.2) is 4.31 Å². The van der Waals surface area contributed by atoms with Crippen LogP contribution in [0.25, 0.3) is 0 Å². The third-order valence-corrected chi connectivity index (χ3v) is 2.17. The van der Waals surface area contributed by atoms with Crippen LogP contribution in [0.15, 0.2) is 0 Å². The molecule has 10 heavy (non-hydrogen) atoms. The van der Waals surface area contributed by atoms with Crippen LogP contribution < -0.4 is 0 Å². The third-order valence-electron chi connectivity index (χ3n) is 1.13. The summed E-state index contributed by atoms with van der Waals surface area (Å²) in [6.07, 6.45) is 1.15. The highest BCUT2D eigenvalue weighted by molar-refractivity contribution is 7.97. The smallest absolute Gasteiger partial charge is 0.111 e. The van der Waals surface area contributed by atoms with Crippen molar-refractivity contribution in [2.24, 2.45) is 0 Å². The van der Waals surface area contributed by atoms with Crippen molar-refractivity contribution in [3.05, 3.63) is 0 Å². The fraction of sp³-hybridized carbons (Fsp3) is 1.00. The Hall–Kier alpha value is 0.270. The Kier molecular flexibility index (Phi) is 6.17. The molecule has 0 heterocycles. The Labute approximate surface area is 67.7 Å². The first-order valence-electron chi connectivity index (χ1n) is 3.80. The van der Waals surface area contributed by atoms with Gasteiger partial charge in [0.25, 0.3) is 0 Å². The van der Waals surface area contributed by atoms with Crippen LogP contribution in [0.3, 0.4) is 0 Å². The fourth-order valence-electron chi connectivity index (χ4n) is 0.750. The SMILES string of the molecule is CCCN(CC)SC(C)O. The van der Waals surface area contributed by atoms with Crippen LogP contribution in [0, 0.1) is 0 Å². The van der Waals surface area contributed by atoms with Gasteiger partial charge in [-0.1, -0.05) is 13.8 Å². The zero-order valence-electron chi connectivity index (χ0n) is 7.00. The van der Waals surface area contributed by atoms with E-state index in [1.807, 2.05) is 0 Å². The van der Waals surface area contributed by atoms with Gasteiger partial charge in [0, 0.05) is 13.1 Å². The maximum absolute atomic E-state index is 9.00. The molecule has 0 saturated heterocycles. The van der Waals surface area contributed by atoms with Gasteiger partial charge in [0.1, 0.15) is 5.44 Å². The summed E-state index contributed by atoms with van der Waals surface area (Å²) in [4.78, 5) is 0. The van der Waals surface area contributed by atoms with Gasteiger partial charge in [0.2, 0.25) is 0 Å². The van der Waals surface area contributed by atoms with E-state index in [2.05, 4.69) is 18.2 Å². The molecule has 2 nitrogen and oxygen atoms in total. The zero-order chi connectivity index (χ0) is 7.98. The molecule has 1 unspecified atom stereocenters. The molecule has 0 aliphatic rings. The number of aliphatic hydroxyl groups excluding tert-OH is 1. The summed E-state index contributed by atoms with van der Waals surface area (Å²) >= 11 is 1.51. The van der Waals surface area contributed by atoms with Gasteiger partial charge < -0.3 is 5.11 Å². The van der Waals surface area contributed by atoms with Crippen molar-refractivity contribution in [3.8, 4) is 0 Å². The van der Waals surface area contributed by atoms with Crippen LogP contribution in [0.2, 0.25) is 0 Å². The summed E-state index contributed by atoms with van der Waals surface area (Å²) in [5, 5.41) is 9.00. The molecule has 62 valence electrons. The van der Waals surface area contributed by atoms with Crippen LogP contribution in [0.5, 0.6) is 0 Å². The molecule has 0 aliphatic carbocycles. The van der Waals surface area contributed by atoms with E-state index in [9.17, 15) is 0 Å². The van der Waals surface area contributed by atoms with Crippen molar-refractivity contribution in [2.75, 3.05) is 13.1 Å². The molecule has 0 amide bonds. The Balaban J connectivity index is 3.39. The van der Waals surface area contributed by atoms with E-state index in [1.165, 1.54) is 11.9 Å². The summed E-state index contributed by atoms with van der Waals surface area (Å²) in [7, 11) is 0. The second-order valence-electron chi connectivity index (χ2n) is 2.23. The van der Waals surface area contributed by atoms with E-state index in [0.29, 0.717) is 0 Å². The second-order valence-corrected chi connectivity index (χ2v) is 3.64. The number of rotatable bonds is 5. The minimum absolute atomic E-state index is 0.272. The Morgan fingerprint density at radius 2 is 2.10 bits per heavy atom. The van der Waals surface area contributed by atoms with Gasteiger partial charge in [-0.15, -0.1) is 0 Å². The standard InChI is InChI=1S/C7H17NOS/c1-4-6-8(5-2)10-7(3)9/h7,9H,4-6H2,1-3H3. The van der Waals surface area contributed by atoms with Gasteiger partial charge in [-0.3, -0.25) is 0 Å². The summed E-state index contributed by atoms with van der Waals surface area (Å²) in [6, 6.07) is 0. The lowest BCUT2D eigenvalue weighted by Crippen LogP contribution is -2.19. The molecule has 0 bridgehead atoms. The lowest BCUT2D eigenvalue weighted by atomic mass is 10.5. The third kappa shape index (κ3) is 5.09. The van der Waals surface area contributed by atoms with Crippen LogP contribution in [0.4, 0.5) is 0 Å². The molecule has 1 atom stereocenters. The maximum atomic E-state index is 9.00. The maximum Gasteiger partial charge on any atom is 0.111 e. The van der Waals surface area contributed by atoms with Crippen molar-refractivity contribution < 1.29 is 5.11 Å². The molecule has 0 spiro atoms. The summed E-state index contributed by atoms with van der Waals surface area (Å²) in [6.45, 7) is 8.11. The van der Waals surface area contributed by atoms with Gasteiger partial charge >= 0.3 is 0 Å². The topological polar surface area (TPSA) is 23.5 Å². The first-order valence-corrected chi connectivity index (χ1v) is 4.64. The van der Waals surface area contributed by atoms with Gasteiger partial charge in [0.05, 0.1) is 0 Å². The fourth-order valence-corrected chi connectivity index (χ4v) is 1.62. The zero-order valence-corrected chi connectivity index (χ0v) is 7.82. The second kappa shape index (κ2) is 6.01.